The van der Waals surface area contributed by atoms with Gasteiger partial charge >= 0.3 is 0 Å². The molecule has 0 atom stereocenters. The first kappa shape index (κ1) is 18.9. The highest BCUT2D eigenvalue weighted by atomic mass is 19.1. The van der Waals surface area contributed by atoms with Gasteiger partial charge < -0.3 is 15.2 Å². The van der Waals surface area contributed by atoms with Crippen LogP contribution in [0.1, 0.15) is 41.3 Å². The van der Waals surface area contributed by atoms with E-state index in [4.69, 9.17) is 0 Å². The Kier molecular flexibility index (Phi) is 6.10. The standard InChI is InChI=1S/C18H21F2N5O2/c19-12-5-6-13(14(20)10-12)18(27)22-11-17(26)21-8-7-16-24-23-15-4-2-1-3-9-25(15)16/h5-6,10H,1-4,7-9,11H2,(H,21,26)(H,22,27). The van der Waals surface area contributed by atoms with E-state index in [0.29, 0.717) is 19.0 Å². The molecule has 0 bridgehead atoms. The molecule has 1 aromatic carbocycles. The normalized spacial score (nSPS) is 13.6. The molecule has 3 rings (SSSR count). The molecule has 1 aromatic heterocycles. The fourth-order valence-corrected chi connectivity index (χ4v) is 3.04. The molecule has 1 aliphatic rings. The van der Waals surface area contributed by atoms with Gasteiger partial charge in [-0.2, -0.15) is 0 Å². The van der Waals surface area contributed by atoms with E-state index in [0.717, 1.165) is 49.6 Å². The van der Waals surface area contributed by atoms with Crippen LogP contribution in [0.5, 0.6) is 0 Å². The molecule has 0 fully saturated rings. The van der Waals surface area contributed by atoms with E-state index in [-0.39, 0.29) is 12.1 Å². The maximum atomic E-state index is 13.5. The van der Waals surface area contributed by atoms with Gasteiger partial charge in [-0.25, -0.2) is 8.78 Å². The van der Waals surface area contributed by atoms with Gasteiger partial charge in [-0.1, -0.05) is 6.42 Å². The molecule has 0 saturated heterocycles. The maximum absolute atomic E-state index is 13.5. The van der Waals surface area contributed by atoms with E-state index >= 15 is 0 Å². The lowest BCUT2D eigenvalue weighted by Crippen LogP contribution is -2.38. The first-order chi connectivity index (χ1) is 13.0. The number of hydrogen-bond acceptors (Lipinski definition) is 4. The molecular formula is C18H21F2N5O2. The highest BCUT2D eigenvalue weighted by molar-refractivity contribution is 5.96. The number of nitrogens with one attached hydrogen (secondary N) is 2. The number of nitrogens with zero attached hydrogens (tertiary/aromatic N) is 3. The second-order valence-electron chi connectivity index (χ2n) is 6.40. The van der Waals surface area contributed by atoms with Crippen LogP contribution in [0.4, 0.5) is 8.78 Å². The number of hydrogen-bond donors (Lipinski definition) is 2. The van der Waals surface area contributed by atoms with Gasteiger partial charge in [0.1, 0.15) is 23.3 Å². The Labute approximate surface area is 155 Å². The lowest BCUT2D eigenvalue weighted by molar-refractivity contribution is -0.120. The van der Waals surface area contributed by atoms with Crippen molar-refractivity contribution in [1.29, 1.82) is 0 Å². The number of aromatic nitrogens is 3. The summed E-state index contributed by atoms with van der Waals surface area (Å²) in [7, 11) is 0. The molecule has 2 heterocycles. The zero-order valence-corrected chi connectivity index (χ0v) is 14.8. The lowest BCUT2D eigenvalue weighted by Gasteiger charge is -2.09. The summed E-state index contributed by atoms with van der Waals surface area (Å²) in [6, 6.07) is 2.64. The van der Waals surface area contributed by atoms with Crippen molar-refractivity contribution in [2.75, 3.05) is 13.1 Å². The average molecular weight is 377 g/mol. The summed E-state index contributed by atoms with van der Waals surface area (Å²) < 4.78 is 28.5. The highest BCUT2D eigenvalue weighted by Gasteiger charge is 2.15. The molecule has 0 saturated carbocycles. The number of aryl methyl sites for hydroxylation is 1. The quantitative estimate of drug-likeness (QED) is 0.796. The van der Waals surface area contributed by atoms with E-state index in [1.165, 1.54) is 6.42 Å². The summed E-state index contributed by atoms with van der Waals surface area (Å²) in [4.78, 5) is 23.7. The van der Waals surface area contributed by atoms with Crippen LogP contribution < -0.4 is 10.6 Å². The minimum absolute atomic E-state index is 0.298. The predicted molar refractivity (Wildman–Crippen MR) is 93.0 cm³/mol. The van der Waals surface area contributed by atoms with E-state index in [2.05, 4.69) is 25.4 Å². The largest absolute Gasteiger partial charge is 0.354 e. The zero-order valence-electron chi connectivity index (χ0n) is 14.8. The molecule has 0 unspecified atom stereocenters. The van der Waals surface area contributed by atoms with Crippen molar-refractivity contribution in [1.82, 2.24) is 25.4 Å². The zero-order chi connectivity index (χ0) is 19.2. The average Bonchev–Trinajstić information content (AvgIpc) is 2.86. The van der Waals surface area contributed by atoms with Gasteiger partial charge in [0.05, 0.1) is 12.1 Å². The third kappa shape index (κ3) is 4.87. The lowest BCUT2D eigenvalue weighted by atomic mass is 10.2. The van der Waals surface area contributed by atoms with Crippen LogP contribution in [-0.2, 0) is 24.2 Å². The monoisotopic (exact) mass is 377 g/mol. The first-order valence-corrected chi connectivity index (χ1v) is 8.95. The van der Waals surface area contributed by atoms with Crippen LogP contribution in [0, 0.1) is 11.6 Å². The van der Waals surface area contributed by atoms with E-state index < -0.39 is 23.4 Å². The van der Waals surface area contributed by atoms with Gasteiger partial charge in [-0.05, 0) is 25.0 Å². The van der Waals surface area contributed by atoms with E-state index in [9.17, 15) is 18.4 Å². The molecule has 27 heavy (non-hydrogen) atoms. The van der Waals surface area contributed by atoms with Crippen LogP contribution in [-0.4, -0.2) is 39.7 Å². The van der Waals surface area contributed by atoms with E-state index in [1.807, 2.05) is 0 Å². The Bertz CT molecular complexity index is 837. The summed E-state index contributed by atoms with van der Waals surface area (Å²) in [6.07, 6.45) is 4.85. The topological polar surface area (TPSA) is 88.9 Å². The molecule has 7 nitrogen and oxygen atoms in total. The molecule has 0 spiro atoms. The summed E-state index contributed by atoms with van der Waals surface area (Å²) in [6.45, 7) is 0.955. The Morgan fingerprint density at radius 2 is 1.96 bits per heavy atom. The third-order valence-corrected chi connectivity index (χ3v) is 4.44. The molecule has 2 amide bonds. The molecular weight excluding hydrogens is 356 g/mol. The Morgan fingerprint density at radius 3 is 2.78 bits per heavy atom. The number of carbonyl (C=O) groups excluding carboxylic acids is 2. The van der Waals surface area contributed by atoms with Crippen LogP contribution in [0.25, 0.3) is 0 Å². The van der Waals surface area contributed by atoms with Crippen molar-refractivity contribution in [3.8, 4) is 0 Å². The smallest absolute Gasteiger partial charge is 0.254 e. The van der Waals surface area contributed by atoms with Crippen molar-refractivity contribution < 1.29 is 18.4 Å². The number of halogens is 2. The van der Waals surface area contributed by atoms with Crippen molar-refractivity contribution >= 4 is 11.8 Å². The molecule has 1 aliphatic heterocycles. The summed E-state index contributed by atoms with van der Waals surface area (Å²) >= 11 is 0. The van der Waals surface area contributed by atoms with Crippen LogP contribution in [0.2, 0.25) is 0 Å². The Morgan fingerprint density at radius 1 is 1.11 bits per heavy atom. The molecule has 0 radical (unpaired) electrons. The van der Waals surface area contributed by atoms with Gasteiger partial charge in [-0.15, -0.1) is 10.2 Å². The maximum Gasteiger partial charge on any atom is 0.254 e. The number of amides is 2. The summed E-state index contributed by atoms with van der Waals surface area (Å²) in [5, 5.41) is 13.4. The van der Waals surface area contributed by atoms with E-state index in [1.54, 1.807) is 0 Å². The fourth-order valence-electron chi connectivity index (χ4n) is 3.04. The molecule has 2 N–H and O–H groups in total. The predicted octanol–water partition coefficient (Wildman–Crippen LogP) is 1.37. The first-order valence-electron chi connectivity index (χ1n) is 8.95. The van der Waals surface area contributed by atoms with Crippen LogP contribution in [0.3, 0.4) is 0 Å². The van der Waals surface area contributed by atoms with Crippen LogP contribution >= 0.6 is 0 Å². The Hall–Kier alpha value is -2.84. The van der Waals surface area contributed by atoms with Crippen molar-refractivity contribution in [2.24, 2.45) is 0 Å². The second kappa shape index (κ2) is 8.70. The number of carbonyl (C=O) groups is 2. The fraction of sp³-hybridized carbons (Fsp3) is 0.444. The number of fused-ring (bicyclic) bond motifs is 1. The molecule has 2 aromatic rings. The van der Waals surface area contributed by atoms with Crippen molar-refractivity contribution in [3.05, 3.63) is 47.0 Å². The minimum atomic E-state index is -0.972. The third-order valence-electron chi connectivity index (χ3n) is 4.44. The highest BCUT2D eigenvalue weighted by Crippen LogP contribution is 2.14. The van der Waals surface area contributed by atoms with Crippen molar-refractivity contribution in [3.63, 3.8) is 0 Å². The number of benzene rings is 1. The van der Waals surface area contributed by atoms with Gasteiger partial charge in [0.15, 0.2) is 0 Å². The molecule has 0 aliphatic carbocycles. The second-order valence-corrected chi connectivity index (χ2v) is 6.40. The summed E-state index contributed by atoms with van der Waals surface area (Å²) in [5.74, 6) is -1.09. The van der Waals surface area contributed by atoms with Gasteiger partial charge in [0.2, 0.25) is 5.91 Å². The SMILES string of the molecule is O=C(CNC(=O)c1ccc(F)cc1F)NCCc1nnc2n1CCCCC2. The number of rotatable bonds is 6. The van der Waals surface area contributed by atoms with Gasteiger partial charge in [-0.3, -0.25) is 9.59 Å². The van der Waals surface area contributed by atoms with Gasteiger partial charge in [0.25, 0.3) is 5.91 Å². The molecule has 144 valence electrons. The summed E-state index contributed by atoms with van der Waals surface area (Å²) in [5.41, 5.74) is -0.310. The van der Waals surface area contributed by atoms with Crippen LogP contribution in [0.15, 0.2) is 18.2 Å². The minimum Gasteiger partial charge on any atom is -0.354 e. The van der Waals surface area contributed by atoms with Crippen molar-refractivity contribution in [2.45, 2.75) is 38.6 Å². The van der Waals surface area contributed by atoms with Gasteiger partial charge in [0, 0.05) is 32.0 Å². The Balaban J connectivity index is 1.44. The molecule has 9 heteroatoms.